The van der Waals surface area contributed by atoms with Gasteiger partial charge >= 0.3 is 0 Å². The van der Waals surface area contributed by atoms with E-state index >= 15 is 0 Å². The summed E-state index contributed by atoms with van der Waals surface area (Å²) < 4.78 is 16.2. The van der Waals surface area contributed by atoms with Crippen molar-refractivity contribution in [2.75, 3.05) is 0 Å². The molecule has 0 saturated heterocycles. The number of hydrogen-bond donors (Lipinski definition) is 0. The van der Waals surface area contributed by atoms with Crippen molar-refractivity contribution in [1.82, 2.24) is 14.2 Å². The van der Waals surface area contributed by atoms with Crippen LogP contribution in [0.5, 0.6) is 0 Å². The summed E-state index contributed by atoms with van der Waals surface area (Å²) in [6.45, 7) is 0. The van der Waals surface area contributed by atoms with Gasteiger partial charge in [0.25, 0.3) is 5.56 Å². The summed E-state index contributed by atoms with van der Waals surface area (Å²) in [6.07, 6.45) is 3.38. The second kappa shape index (κ2) is 5.97. The van der Waals surface area contributed by atoms with E-state index in [1.807, 2.05) is 0 Å². The molecule has 5 nitrogen and oxygen atoms in total. The molecule has 2 aromatic heterocycles. The third-order valence-electron chi connectivity index (χ3n) is 4.37. The maximum atomic E-state index is 13.2. The molecule has 4 aromatic rings. The van der Waals surface area contributed by atoms with Crippen molar-refractivity contribution in [3.05, 3.63) is 82.7 Å². The number of fused-ring (bicyclic) bond motifs is 1. The largest absolute Gasteiger partial charge is 0.308 e. The van der Waals surface area contributed by atoms with E-state index in [0.717, 1.165) is 11.1 Å². The highest BCUT2D eigenvalue weighted by atomic mass is 19.1. The van der Waals surface area contributed by atoms with Gasteiger partial charge in [-0.3, -0.25) is 4.79 Å². The average molecular weight is 344 g/mol. The monoisotopic (exact) mass is 344 g/mol. The first-order chi connectivity index (χ1) is 12.6. The fraction of sp³-hybridized carbons (Fsp3) is 0.0500. The molecule has 0 unspecified atom stereocenters. The van der Waals surface area contributed by atoms with Crippen molar-refractivity contribution in [2.45, 2.75) is 0 Å². The van der Waals surface area contributed by atoms with Gasteiger partial charge in [-0.1, -0.05) is 12.1 Å². The van der Waals surface area contributed by atoms with E-state index in [2.05, 4.69) is 11.2 Å². The first kappa shape index (κ1) is 15.8. The maximum absolute atomic E-state index is 13.2. The highest BCUT2D eigenvalue weighted by Crippen LogP contribution is 2.25. The highest BCUT2D eigenvalue weighted by Gasteiger charge is 2.15. The van der Waals surface area contributed by atoms with Gasteiger partial charge in [0.1, 0.15) is 11.3 Å². The van der Waals surface area contributed by atoms with Gasteiger partial charge in [-0.2, -0.15) is 10.4 Å². The lowest BCUT2D eigenvalue weighted by atomic mass is 10.1. The van der Waals surface area contributed by atoms with Crippen LogP contribution in [0.4, 0.5) is 4.39 Å². The Kier molecular flexibility index (Phi) is 3.63. The molecule has 0 fully saturated rings. The molecule has 0 amide bonds. The van der Waals surface area contributed by atoms with E-state index in [0.29, 0.717) is 22.3 Å². The maximum Gasteiger partial charge on any atom is 0.277 e. The Labute approximate surface area is 148 Å². The summed E-state index contributed by atoms with van der Waals surface area (Å²) >= 11 is 0. The van der Waals surface area contributed by atoms with Gasteiger partial charge in [-0.05, 0) is 42.0 Å². The fourth-order valence-electron chi connectivity index (χ4n) is 2.97. The van der Waals surface area contributed by atoms with Crippen LogP contribution in [-0.2, 0) is 7.05 Å². The van der Waals surface area contributed by atoms with Crippen LogP contribution < -0.4 is 5.56 Å². The zero-order valence-corrected chi connectivity index (χ0v) is 13.8. The molecular weight excluding hydrogens is 331 g/mol. The Hall–Kier alpha value is -3.72. The van der Waals surface area contributed by atoms with Crippen molar-refractivity contribution in [2.24, 2.45) is 7.05 Å². The standard InChI is InChI=1S/C20H13FN4O/c1-24-18(15-6-8-16(21)9-7-15)12-25-19(20(24)26)17(11-23-25)14-4-2-13(10-22)3-5-14/h2-9,11-12H,1H3. The smallest absolute Gasteiger partial charge is 0.277 e. The normalized spacial score (nSPS) is 10.8. The first-order valence-electron chi connectivity index (χ1n) is 7.92. The predicted octanol–water partition coefficient (Wildman–Crippen LogP) is 3.38. The van der Waals surface area contributed by atoms with Crippen LogP contribution in [0.25, 0.3) is 27.9 Å². The number of benzene rings is 2. The minimum absolute atomic E-state index is 0.205. The average Bonchev–Trinajstić information content (AvgIpc) is 3.09. The Balaban J connectivity index is 1.92. The zero-order valence-electron chi connectivity index (χ0n) is 13.8. The lowest BCUT2D eigenvalue weighted by Crippen LogP contribution is -2.21. The van der Waals surface area contributed by atoms with Crippen LogP contribution in [0.1, 0.15) is 5.56 Å². The minimum atomic E-state index is -0.331. The van der Waals surface area contributed by atoms with Crippen LogP contribution in [0, 0.1) is 17.1 Å². The molecule has 126 valence electrons. The van der Waals surface area contributed by atoms with E-state index in [9.17, 15) is 9.18 Å². The number of halogens is 1. The second-order valence-electron chi connectivity index (χ2n) is 5.93. The summed E-state index contributed by atoms with van der Waals surface area (Å²) in [6, 6.07) is 15.0. The van der Waals surface area contributed by atoms with Crippen LogP contribution in [0.3, 0.4) is 0 Å². The van der Waals surface area contributed by atoms with E-state index in [-0.39, 0.29) is 11.4 Å². The third kappa shape index (κ3) is 2.47. The molecular formula is C20H13FN4O. The number of aromatic nitrogens is 3. The summed E-state index contributed by atoms with van der Waals surface area (Å²) in [4.78, 5) is 12.9. The van der Waals surface area contributed by atoms with Gasteiger partial charge in [-0.15, -0.1) is 0 Å². The number of rotatable bonds is 2. The fourth-order valence-corrected chi connectivity index (χ4v) is 2.97. The van der Waals surface area contributed by atoms with Gasteiger partial charge < -0.3 is 4.57 Å². The Bertz CT molecular complexity index is 1210. The molecule has 0 aliphatic heterocycles. The molecule has 0 N–H and O–H groups in total. The van der Waals surface area contributed by atoms with Gasteiger partial charge in [0, 0.05) is 18.2 Å². The van der Waals surface area contributed by atoms with Gasteiger partial charge in [0.05, 0.1) is 29.7 Å². The minimum Gasteiger partial charge on any atom is -0.308 e. The number of hydrogen-bond acceptors (Lipinski definition) is 3. The Morgan fingerprint density at radius 2 is 1.69 bits per heavy atom. The van der Waals surface area contributed by atoms with Crippen molar-refractivity contribution >= 4 is 5.52 Å². The summed E-state index contributed by atoms with van der Waals surface area (Å²) in [5, 5.41) is 13.2. The molecule has 0 radical (unpaired) electrons. The molecule has 2 heterocycles. The van der Waals surface area contributed by atoms with E-state index < -0.39 is 0 Å². The topological polar surface area (TPSA) is 63.1 Å². The van der Waals surface area contributed by atoms with E-state index in [1.165, 1.54) is 21.2 Å². The quantitative estimate of drug-likeness (QED) is 0.560. The second-order valence-corrected chi connectivity index (χ2v) is 5.93. The summed E-state index contributed by atoms with van der Waals surface area (Å²) in [5.74, 6) is -0.331. The van der Waals surface area contributed by atoms with E-state index in [4.69, 9.17) is 5.26 Å². The predicted molar refractivity (Wildman–Crippen MR) is 96.0 cm³/mol. The molecule has 26 heavy (non-hydrogen) atoms. The van der Waals surface area contributed by atoms with Crippen LogP contribution in [0.2, 0.25) is 0 Å². The molecule has 0 bridgehead atoms. The molecule has 0 aliphatic carbocycles. The molecule has 4 rings (SSSR count). The lowest BCUT2D eigenvalue weighted by molar-refractivity contribution is 0.628. The van der Waals surface area contributed by atoms with Crippen LogP contribution >= 0.6 is 0 Å². The van der Waals surface area contributed by atoms with Crippen LogP contribution in [0.15, 0.2) is 65.7 Å². The molecule has 0 spiro atoms. The Morgan fingerprint density at radius 1 is 1.04 bits per heavy atom. The SMILES string of the molecule is Cn1c(-c2ccc(F)cc2)cn2ncc(-c3ccc(C#N)cc3)c2c1=O. The summed E-state index contributed by atoms with van der Waals surface area (Å²) in [7, 11) is 1.68. The third-order valence-corrected chi connectivity index (χ3v) is 4.37. The highest BCUT2D eigenvalue weighted by molar-refractivity contribution is 5.80. The molecule has 0 saturated carbocycles. The molecule has 0 atom stereocenters. The van der Waals surface area contributed by atoms with Crippen molar-refractivity contribution < 1.29 is 4.39 Å². The summed E-state index contributed by atoms with van der Waals surface area (Å²) in [5.41, 5.74) is 3.66. The van der Waals surface area contributed by atoms with Crippen LogP contribution in [-0.4, -0.2) is 14.2 Å². The Morgan fingerprint density at radius 3 is 2.35 bits per heavy atom. The molecule has 2 aromatic carbocycles. The zero-order chi connectivity index (χ0) is 18.3. The van der Waals surface area contributed by atoms with E-state index in [1.54, 1.807) is 55.8 Å². The van der Waals surface area contributed by atoms with Gasteiger partial charge in [0.2, 0.25) is 0 Å². The number of nitriles is 1. The molecule has 6 heteroatoms. The number of nitrogens with zero attached hydrogens (tertiary/aromatic N) is 4. The lowest BCUT2D eigenvalue weighted by Gasteiger charge is -2.10. The van der Waals surface area contributed by atoms with Crippen molar-refractivity contribution in [3.8, 4) is 28.5 Å². The van der Waals surface area contributed by atoms with Crippen molar-refractivity contribution in [1.29, 1.82) is 5.26 Å². The first-order valence-corrected chi connectivity index (χ1v) is 7.92. The van der Waals surface area contributed by atoms with Crippen molar-refractivity contribution in [3.63, 3.8) is 0 Å². The molecule has 0 aliphatic rings. The van der Waals surface area contributed by atoms with Gasteiger partial charge in [0.15, 0.2) is 0 Å². The van der Waals surface area contributed by atoms with Gasteiger partial charge in [-0.25, -0.2) is 8.91 Å².